The normalized spacial score (nSPS) is 24.3. The number of rotatable bonds is 8. The van der Waals surface area contributed by atoms with E-state index in [-0.39, 0.29) is 17.4 Å². The summed E-state index contributed by atoms with van der Waals surface area (Å²) in [5.74, 6) is 1.73. The van der Waals surface area contributed by atoms with Crippen LogP contribution in [-0.2, 0) is 10.2 Å². The lowest BCUT2D eigenvalue weighted by Crippen LogP contribution is -2.48. The second kappa shape index (κ2) is 9.61. The maximum absolute atomic E-state index is 9.42. The predicted molar refractivity (Wildman–Crippen MR) is 112 cm³/mol. The van der Waals surface area contributed by atoms with Gasteiger partial charge in [-0.3, -0.25) is 4.99 Å². The molecule has 0 radical (unpaired) electrons. The number of hydrogen-bond acceptors (Lipinski definition) is 4. The third kappa shape index (κ3) is 4.78. The third-order valence-electron chi connectivity index (χ3n) is 6.52. The molecular weight excluding hydrogens is 354 g/mol. The molecule has 2 aliphatic rings. The van der Waals surface area contributed by atoms with Crippen LogP contribution in [0, 0.1) is 5.41 Å². The van der Waals surface area contributed by atoms with Crippen LogP contribution < -0.4 is 15.4 Å². The van der Waals surface area contributed by atoms with E-state index in [4.69, 9.17) is 9.47 Å². The molecule has 6 heteroatoms. The van der Waals surface area contributed by atoms with Gasteiger partial charge in [0.2, 0.25) is 0 Å². The Morgan fingerprint density at radius 3 is 2.64 bits per heavy atom. The molecule has 1 aromatic rings. The largest absolute Gasteiger partial charge is 0.497 e. The van der Waals surface area contributed by atoms with Crippen LogP contribution in [0.3, 0.4) is 0 Å². The summed E-state index contributed by atoms with van der Waals surface area (Å²) in [5.41, 5.74) is 1.46. The van der Waals surface area contributed by atoms with E-state index >= 15 is 0 Å². The van der Waals surface area contributed by atoms with E-state index in [0.717, 1.165) is 44.2 Å². The van der Waals surface area contributed by atoms with E-state index in [1.807, 2.05) is 13.1 Å². The molecule has 28 heavy (non-hydrogen) atoms. The Balaban J connectivity index is 1.63. The Bertz CT molecular complexity index is 650. The number of methoxy groups -OCH3 is 1. The third-order valence-corrected chi connectivity index (χ3v) is 6.52. The lowest BCUT2D eigenvalue weighted by atomic mass is 9.78. The fourth-order valence-electron chi connectivity index (χ4n) is 4.63. The van der Waals surface area contributed by atoms with Crippen molar-refractivity contribution in [1.82, 2.24) is 10.6 Å². The number of aliphatic hydroxyl groups is 1. The highest BCUT2D eigenvalue weighted by Crippen LogP contribution is 2.41. The molecule has 3 N–H and O–H groups in total. The zero-order valence-corrected chi connectivity index (χ0v) is 17.3. The molecule has 0 spiro atoms. The maximum Gasteiger partial charge on any atom is 0.191 e. The van der Waals surface area contributed by atoms with Crippen molar-refractivity contribution in [2.75, 3.05) is 47.1 Å². The summed E-state index contributed by atoms with van der Waals surface area (Å²) in [4.78, 5) is 4.43. The summed E-state index contributed by atoms with van der Waals surface area (Å²) in [7, 11) is 3.53. The summed E-state index contributed by atoms with van der Waals surface area (Å²) in [6.45, 7) is 3.27. The molecule has 2 fully saturated rings. The first kappa shape index (κ1) is 20.9. The van der Waals surface area contributed by atoms with Gasteiger partial charge >= 0.3 is 0 Å². The number of hydrogen-bond donors (Lipinski definition) is 3. The fraction of sp³-hybridized carbons (Fsp3) is 0.682. The quantitative estimate of drug-likeness (QED) is 0.470. The number of nitrogens with zero attached hydrogens (tertiary/aromatic N) is 1. The lowest BCUT2D eigenvalue weighted by Gasteiger charge is -2.32. The zero-order valence-electron chi connectivity index (χ0n) is 17.3. The van der Waals surface area contributed by atoms with Crippen LogP contribution in [0.2, 0.25) is 0 Å². The number of ether oxygens (including phenoxy) is 2. The first-order valence-corrected chi connectivity index (χ1v) is 10.4. The summed E-state index contributed by atoms with van der Waals surface area (Å²) >= 11 is 0. The fourth-order valence-corrected chi connectivity index (χ4v) is 4.63. The van der Waals surface area contributed by atoms with Crippen molar-refractivity contribution in [2.24, 2.45) is 10.4 Å². The summed E-state index contributed by atoms with van der Waals surface area (Å²) in [5, 5.41) is 16.5. The van der Waals surface area contributed by atoms with Gasteiger partial charge in [-0.1, -0.05) is 25.0 Å². The van der Waals surface area contributed by atoms with Crippen LogP contribution in [-0.4, -0.2) is 58.1 Å². The maximum atomic E-state index is 9.42. The first-order chi connectivity index (χ1) is 13.7. The summed E-state index contributed by atoms with van der Waals surface area (Å²) in [6.07, 6.45) is 6.58. The average molecular weight is 390 g/mol. The van der Waals surface area contributed by atoms with Crippen LogP contribution >= 0.6 is 0 Å². The van der Waals surface area contributed by atoms with Gasteiger partial charge in [0.25, 0.3) is 0 Å². The second-order valence-electron chi connectivity index (χ2n) is 8.27. The number of aliphatic hydroxyl groups excluding tert-OH is 1. The number of aliphatic imine (C=N–C) groups is 1. The smallest absolute Gasteiger partial charge is 0.191 e. The van der Waals surface area contributed by atoms with Crippen molar-refractivity contribution in [3.05, 3.63) is 29.8 Å². The number of nitrogens with one attached hydrogen (secondary N) is 2. The number of guanidine groups is 1. The van der Waals surface area contributed by atoms with Crippen LogP contribution in [0.5, 0.6) is 5.75 Å². The first-order valence-electron chi connectivity index (χ1n) is 10.4. The van der Waals surface area contributed by atoms with Gasteiger partial charge in [0.05, 0.1) is 13.7 Å². The summed E-state index contributed by atoms with van der Waals surface area (Å²) < 4.78 is 11.0. The van der Waals surface area contributed by atoms with Crippen molar-refractivity contribution < 1.29 is 14.6 Å². The molecule has 1 heterocycles. The Labute approximate surface area is 168 Å². The van der Waals surface area contributed by atoms with Crippen molar-refractivity contribution in [3.63, 3.8) is 0 Å². The van der Waals surface area contributed by atoms with Crippen LogP contribution in [0.4, 0.5) is 0 Å². The lowest BCUT2D eigenvalue weighted by molar-refractivity contribution is 0.127. The Hall–Kier alpha value is -1.79. The van der Waals surface area contributed by atoms with Gasteiger partial charge in [0.15, 0.2) is 5.96 Å². The molecule has 0 bridgehead atoms. The van der Waals surface area contributed by atoms with Crippen LogP contribution in [0.25, 0.3) is 0 Å². The molecule has 0 amide bonds. The van der Waals surface area contributed by atoms with Crippen LogP contribution in [0.1, 0.15) is 44.1 Å². The standard InChI is InChI=1S/C22H35N3O3/c1-23-20(24-15-21(10-12-26)11-13-28-17-21)25-16-22(8-3-4-9-22)18-6-5-7-19(14-18)27-2/h5-7,14,26H,3-4,8-13,15-17H2,1-2H3,(H2,23,24,25). The van der Waals surface area contributed by atoms with Gasteiger partial charge < -0.3 is 25.2 Å². The molecule has 0 aromatic heterocycles. The topological polar surface area (TPSA) is 75.1 Å². The van der Waals surface area contributed by atoms with Gasteiger partial charge in [-0.25, -0.2) is 0 Å². The molecule has 1 saturated carbocycles. The molecule has 3 rings (SSSR count). The molecule has 1 saturated heterocycles. The Morgan fingerprint density at radius 1 is 1.21 bits per heavy atom. The van der Waals surface area contributed by atoms with Gasteiger partial charge in [-0.15, -0.1) is 0 Å². The van der Waals surface area contributed by atoms with E-state index in [1.165, 1.54) is 31.2 Å². The predicted octanol–water partition coefficient (Wildman–Crippen LogP) is 2.46. The molecule has 1 aliphatic heterocycles. The van der Waals surface area contributed by atoms with Gasteiger partial charge in [-0.2, -0.15) is 0 Å². The summed E-state index contributed by atoms with van der Waals surface area (Å²) in [6, 6.07) is 8.48. The molecule has 1 unspecified atom stereocenters. The van der Waals surface area contributed by atoms with E-state index in [1.54, 1.807) is 7.11 Å². The molecule has 156 valence electrons. The SMILES string of the molecule is CN=C(NCC1(CCO)CCOC1)NCC1(c2cccc(OC)c2)CCCC1. The van der Waals surface area contributed by atoms with E-state index in [0.29, 0.717) is 6.61 Å². The molecule has 1 atom stereocenters. The molecule has 1 aliphatic carbocycles. The monoisotopic (exact) mass is 389 g/mol. The number of benzene rings is 1. The molecular formula is C22H35N3O3. The average Bonchev–Trinajstić information content (AvgIpc) is 3.39. The van der Waals surface area contributed by atoms with Gasteiger partial charge in [0, 0.05) is 44.2 Å². The van der Waals surface area contributed by atoms with E-state index < -0.39 is 0 Å². The highest BCUT2D eigenvalue weighted by atomic mass is 16.5. The van der Waals surface area contributed by atoms with Crippen molar-refractivity contribution in [1.29, 1.82) is 0 Å². The molecule has 1 aromatic carbocycles. The Kier molecular flexibility index (Phi) is 7.18. The highest BCUT2D eigenvalue weighted by molar-refractivity contribution is 5.79. The van der Waals surface area contributed by atoms with Crippen molar-refractivity contribution >= 4 is 5.96 Å². The van der Waals surface area contributed by atoms with Crippen molar-refractivity contribution in [3.8, 4) is 5.75 Å². The zero-order chi connectivity index (χ0) is 19.9. The molecule has 6 nitrogen and oxygen atoms in total. The van der Waals surface area contributed by atoms with E-state index in [2.05, 4.69) is 33.8 Å². The minimum absolute atomic E-state index is 0.00418. The second-order valence-corrected chi connectivity index (χ2v) is 8.27. The minimum atomic E-state index is 0.00418. The highest BCUT2D eigenvalue weighted by Gasteiger charge is 2.37. The van der Waals surface area contributed by atoms with Crippen LogP contribution in [0.15, 0.2) is 29.3 Å². The minimum Gasteiger partial charge on any atom is -0.497 e. The van der Waals surface area contributed by atoms with Gasteiger partial charge in [0.1, 0.15) is 5.75 Å². The van der Waals surface area contributed by atoms with E-state index in [9.17, 15) is 5.11 Å². The van der Waals surface area contributed by atoms with Crippen molar-refractivity contribution in [2.45, 2.75) is 43.9 Å². The Morgan fingerprint density at radius 2 is 2.00 bits per heavy atom. The van der Waals surface area contributed by atoms with Gasteiger partial charge in [-0.05, 0) is 43.4 Å².